The van der Waals surface area contributed by atoms with E-state index in [9.17, 15) is 5.11 Å². The van der Waals surface area contributed by atoms with Crippen molar-refractivity contribution >= 4 is 10.8 Å². The van der Waals surface area contributed by atoms with Crippen LogP contribution in [0.3, 0.4) is 0 Å². The van der Waals surface area contributed by atoms with Gasteiger partial charge in [0.25, 0.3) is 0 Å². The van der Waals surface area contributed by atoms with Crippen molar-refractivity contribution in [1.82, 2.24) is 9.88 Å². The lowest BCUT2D eigenvalue weighted by atomic mass is 9.58. The Balaban J connectivity index is 1.10. The van der Waals surface area contributed by atoms with E-state index in [-0.39, 0.29) is 46.7 Å². The van der Waals surface area contributed by atoms with Crippen molar-refractivity contribution in [3.05, 3.63) is 65.5 Å². The highest BCUT2D eigenvalue weighted by molar-refractivity contribution is 5.82. The second-order valence-electron chi connectivity index (χ2n) is 13.6. The Labute approximate surface area is 223 Å². The van der Waals surface area contributed by atoms with Crippen molar-refractivity contribution < 1.29 is 14.6 Å². The van der Waals surface area contributed by atoms with Gasteiger partial charge in [0.15, 0.2) is 0 Å². The van der Waals surface area contributed by atoms with E-state index in [2.05, 4.69) is 53.2 Å². The highest BCUT2D eigenvalue weighted by Crippen LogP contribution is 2.70. The minimum absolute atomic E-state index is 0.0654. The first-order valence-corrected chi connectivity index (χ1v) is 14.7. The number of rotatable bonds is 2. The number of nitrogens with zero attached hydrogens (tertiary/aromatic N) is 2. The SMILES string of the molecule is C[C@]12CC=C3C=C4[C@H]5O[C@H]5[C@@H](N5CC[C@@H](N)C5)C[C@]45CCC3(O5)[C@@H]1C[C@@H](O)C2c1ccc2ccncc2c1. The molecule has 0 amide bonds. The fraction of sp³-hybridized carbons (Fsp3) is 0.594. The number of pyridine rings is 1. The minimum Gasteiger partial charge on any atom is -0.392 e. The zero-order valence-electron chi connectivity index (χ0n) is 22.1. The number of benzene rings is 1. The Morgan fingerprint density at radius 1 is 1.18 bits per heavy atom. The molecule has 2 aromatic rings. The van der Waals surface area contributed by atoms with Gasteiger partial charge in [-0.2, -0.15) is 0 Å². The van der Waals surface area contributed by atoms with Crippen LogP contribution >= 0.6 is 0 Å². The number of aliphatic hydroxyl groups excluding tert-OH is 1. The number of hydrogen-bond acceptors (Lipinski definition) is 6. The first-order chi connectivity index (χ1) is 18.4. The van der Waals surface area contributed by atoms with Crippen molar-refractivity contribution in [3.8, 4) is 0 Å². The molecule has 0 radical (unpaired) electrons. The summed E-state index contributed by atoms with van der Waals surface area (Å²) in [5.74, 6) is 0.365. The van der Waals surface area contributed by atoms with Gasteiger partial charge >= 0.3 is 0 Å². The van der Waals surface area contributed by atoms with Crippen LogP contribution in [0.2, 0.25) is 0 Å². The van der Waals surface area contributed by atoms with Gasteiger partial charge in [0.2, 0.25) is 0 Å². The summed E-state index contributed by atoms with van der Waals surface area (Å²) in [7, 11) is 0. The van der Waals surface area contributed by atoms with Crippen LogP contribution in [0.4, 0.5) is 0 Å². The second kappa shape index (κ2) is 7.35. The Morgan fingerprint density at radius 2 is 2.11 bits per heavy atom. The number of fused-ring (bicyclic) bond motifs is 4. The fourth-order valence-corrected chi connectivity index (χ4v) is 10.0. The molecule has 2 bridgehead atoms. The van der Waals surface area contributed by atoms with E-state index < -0.39 is 0 Å². The zero-order chi connectivity index (χ0) is 25.4. The van der Waals surface area contributed by atoms with Crippen molar-refractivity contribution in [2.24, 2.45) is 17.1 Å². The first-order valence-electron chi connectivity index (χ1n) is 14.7. The molecule has 38 heavy (non-hydrogen) atoms. The molecule has 3 saturated heterocycles. The summed E-state index contributed by atoms with van der Waals surface area (Å²) in [5.41, 5.74) is 9.67. The van der Waals surface area contributed by atoms with Gasteiger partial charge in [0.05, 0.1) is 17.3 Å². The van der Waals surface area contributed by atoms with Gasteiger partial charge in [-0.1, -0.05) is 31.2 Å². The lowest BCUT2D eigenvalue weighted by molar-refractivity contribution is -0.138. The van der Waals surface area contributed by atoms with Crippen LogP contribution < -0.4 is 5.73 Å². The van der Waals surface area contributed by atoms with E-state index in [1.807, 2.05) is 12.4 Å². The molecule has 9 rings (SSSR count). The maximum Gasteiger partial charge on any atom is 0.110 e. The van der Waals surface area contributed by atoms with Gasteiger partial charge in [0.1, 0.15) is 12.2 Å². The molecule has 2 saturated carbocycles. The van der Waals surface area contributed by atoms with E-state index in [1.54, 1.807) is 0 Å². The van der Waals surface area contributed by atoms with Gasteiger partial charge in [-0.25, -0.2) is 0 Å². The summed E-state index contributed by atoms with van der Waals surface area (Å²) >= 11 is 0. The van der Waals surface area contributed by atoms with Crippen LogP contribution in [0.5, 0.6) is 0 Å². The molecule has 3 aliphatic carbocycles. The average molecular weight is 512 g/mol. The van der Waals surface area contributed by atoms with E-state index in [1.165, 1.54) is 22.1 Å². The van der Waals surface area contributed by atoms with E-state index >= 15 is 0 Å². The predicted octanol–water partition coefficient (Wildman–Crippen LogP) is 3.84. The summed E-state index contributed by atoms with van der Waals surface area (Å²) in [6.07, 6.45) is 14.7. The molecule has 6 nitrogen and oxygen atoms in total. The highest BCUT2D eigenvalue weighted by atomic mass is 16.6. The van der Waals surface area contributed by atoms with Crippen LogP contribution in [-0.2, 0) is 9.47 Å². The van der Waals surface area contributed by atoms with Gasteiger partial charge in [-0.05, 0) is 78.2 Å². The number of likely N-dealkylation sites (tertiary alicyclic amines) is 1. The third-order valence-corrected chi connectivity index (χ3v) is 11.8. The molecule has 1 aromatic carbocycles. The van der Waals surface area contributed by atoms with Gasteiger partial charge in [0, 0.05) is 54.8 Å². The molecule has 5 heterocycles. The Hall–Kier alpha value is -2.09. The molecule has 1 aromatic heterocycles. The van der Waals surface area contributed by atoms with Gasteiger partial charge in [-0.3, -0.25) is 9.88 Å². The Morgan fingerprint density at radius 3 is 2.97 bits per heavy atom. The predicted molar refractivity (Wildman–Crippen MR) is 145 cm³/mol. The molecule has 5 fully saturated rings. The van der Waals surface area contributed by atoms with Gasteiger partial charge in [-0.15, -0.1) is 0 Å². The number of epoxide rings is 1. The van der Waals surface area contributed by atoms with Crippen molar-refractivity contribution in [2.75, 3.05) is 13.1 Å². The van der Waals surface area contributed by atoms with Crippen molar-refractivity contribution in [2.45, 2.75) is 93.0 Å². The number of allylic oxidation sites excluding steroid dienone is 1. The zero-order valence-corrected chi connectivity index (χ0v) is 22.1. The standard InChI is InChI=1S/C32H37N3O3/c1-30-7-4-21-13-23-28-29(37-28)24(35-11-6-22(33)17-35)15-31(23)8-9-32(21,38-31)26(30)14-25(36)27(30)19-3-2-18-5-10-34-16-20(18)12-19/h2-5,10,12-13,16,22,24-29,36H,6-9,11,14-15,17,33H2,1H3/t22-,24+,25-,26-,27?,28-,29+,30+,31-,32?/m1/s1. The Bertz CT molecular complexity index is 1420. The molecule has 198 valence electrons. The summed E-state index contributed by atoms with van der Waals surface area (Å²) in [4.78, 5) is 6.93. The lowest BCUT2D eigenvalue weighted by Gasteiger charge is -2.54. The maximum atomic E-state index is 11.7. The summed E-state index contributed by atoms with van der Waals surface area (Å²) in [5, 5.41) is 14.0. The molecular weight excluding hydrogens is 474 g/mol. The normalized spacial score (nSPS) is 48.7. The lowest BCUT2D eigenvalue weighted by Crippen LogP contribution is -2.57. The van der Waals surface area contributed by atoms with E-state index in [0.29, 0.717) is 12.1 Å². The van der Waals surface area contributed by atoms with Gasteiger partial charge < -0.3 is 20.3 Å². The smallest absolute Gasteiger partial charge is 0.110 e. The molecule has 6 heteroatoms. The molecule has 2 unspecified atom stereocenters. The average Bonchev–Trinajstić information content (AvgIpc) is 3.38. The number of aliphatic hydroxyl groups is 1. The molecule has 4 aliphatic heterocycles. The van der Waals surface area contributed by atoms with Crippen LogP contribution in [0.15, 0.2) is 60.0 Å². The molecular formula is C32H37N3O3. The van der Waals surface area contributed by atoms with E-state index in [4.69, 9.17) is 15.2 Å². The summed E-state index contributed by atoms with van der Waals surface area (Å²) < 4.78 is 13.8. The Kier molecular flexibility index (Phi) is 4.39. The number of hydrogen-bond donors (Lipinski definition) is 2. The highest BCUT2D eigenvalue weighted by Gasteiger charge is 2.72. The fourth-order valence-electron chi connectivity index (χ4n) is 10.0. The van der Waals surface area contributed by atoms with Crippen LogP contribution in [0, 0.1) is 11.3 Å². The van der Waals surface area contributed by atoms with Crippen LogP contribution in [-0.4, -0.2) is 69.7 Å². The molecule has 10 atom stereocenters. The third-order valence-electron chi connectivity index (χ3n) is 11.8. The van der Waals surface area contributed by atoms with Crippen molar-refractivity contribution in [1.29, 1.82) is 0 Å². The minimum atomic E-state index is -0.381. The molecule has 3 N–H and O–H groups in total. The monoisotopic (exact) mass is 511 g/mol. The second-order valence-corrected chi connectivity index (χ2v) is 13.6. The van der Waals surface area contributed by atoms with Crippen LogP contribution in [0.1, 0.15) is 56.9 Å². The summed E-state index contributed by atoms with van der Waals surface area (Å²) in [6, 6.07) is 9.41. The number of nitrogens with two attached hydrogens (primary N) is 1. The largest absolute Gasteiger partial charge is 0.392 e. The number of aromatic nitrogens is 1. The maximum absolute atomic E-state index is 11.7. The van der Waals surface area contributed by atoms with E-state index in [0.717, 1.165) is 57.0 Å². The summed E-state index contributed by atoms with van der Waals surface area (Å²) in [6.45, 7) is 4.45. The van der Waals surface area contributed by atoms with Crippen LogP contribution in [0.25, 0.3) is 10.8 Å². The third kappa shape index (κ3) is 2.78. The molecule has 7 aliphatic rings. The number of ether oxygens (including phenoxy) is 2. The molecule has 2 spiro atoms. The van der Waals surface area contributed by atoms with Crippen molar-refractivity contribution in [3.63, 3.8) is 0 Å². The first kappa shape index (κ1) is 22.7. The topological polar surface area (TPSA) is 84.1 Å². The quantitative estimate of drug-likeness (QED) is 0.596.